The van der Waals surface area contributed by atoms with Gasteiger partial charge < -0.3 is 23.8 Å². The number of allylic oxidation sites excluding steroid dienone is 4. The second-order valence-corrected chi connectivity index (χ2v) is 25.8. The highest BCUT2D eigenvalue weighted by atomic mass is 16.7. The zero-order valence-corrected chi connectivity index (χ0v) is 51.9. The van der Waals surface area contributed by atoms with Crippen LogP contribution in [0.3, 0.4) is 0 Å². The number of ether oxygens (including phenoxy) is 4. The summed E-state index contributed by atoms with van der Waals surface area (Å²) in [6.07, 6.45) is 21.8. The molecule has 8 aromatic rings. The van der Waals surface area contributed by atoms with E-state index in [9.17, 15) is 9.59 Å². The monoisotopic (exact) mass is 1140 g/mol. The van der Waals surface area contributed by atoms with Crippen LogP contribution in [0.4, 0.5) is 21.9 Å². The van der Waals surface area contributed by atoms with Crippen molar-refractivity contribution in [3.05, 3.63) is 238 Å². The van der Waals surface area contributed by atoms with Crippen molar-refractivity contribution in [2.24, 2.45) is 5.41 Å². The number of esters is 1. The normalized spacial score (nSPS) is 15.1. The fourth-order valence-corrected chi connectivity index (χ4v) is 13.6. The van der Waals surface area contributed by atoms with E-state index in [2.05, 4.69) is 198 Å². The van der Waals surface area contributed by atoms with Crippen LogP contribution < -0.4 is 23.8 Å². The molecule has 1 saturated carbocycles. The second-order valence-electron chi connectivity index (χ2n) is 25.8. The number of hydrogen-bond acceptors (Lipinski definition) is 7. The summed E-state index contributed by atoms with van der Waals surface area (Å²) >= 11 is 0. The average Bonchev–Trinajstić information content (AvgIpc) is 0.913. The average molecular weight is 1140 g/mol. The highest BCUT2D eigenvalue weighted by Gasteiger charge is 2.37. The first-order valence-electron chi connectivity index (χ1n) is 31.7. The predicted octanol–water partition coefficient (Wildman–Crippen LogP) is 21.1. The van der Waals surface area contributed by atoms with Crippen LogP contribution in [-0.4, -0.2) is 17.7 Å². The summed E-state index contributed by atoms with van der Waals surface area (Å²) in [5.41, 5.74) is 13.9. The van der Waals surface area contributed by atoms with Gasteiger partial charge in [0.2, 0.25) is 0 Å². The van der Waals surface area contributed by atoms with Gasteiger partial charge in [-0.25, -0.2) is 4.79 Å². The van der Waals surface area contributed by atoms with Crippen LogP contribution in [-0.2, 0) is 28.5 Å². The van der Waals surface area contributed by atoms with E-state index < -0.39 is 17.0 Å². The minimum atomic E-state index is -0.810. The second kappa shape index (κ2) is 25.4. The van der Waals surface area contributed by atoms with E-state index in [-0.39, 0.29) is 17.0 Å². The smallest absolute Gasteiger partial charge is 0.488 e. The maximum absolute atomic E-state index is 13.6. The molecular formula is C79H85NO6. The van der Waals surface area contributed by atoms with Gasteiger partial charge in [0.05, 0.1) is 11.1 Å². The van der Waals surface area contributed by atoms with E-state index in [1.807, 2.05) is 50.2 Å². The number of unbranched alkanes of at least 4 members (excludes halogenated alkanes) is 4. The van der Waals surface area contributed by atoms with Gasteiger partial charge >= 0.3 is 12.1 Å². The van der Waals surface area contributed by atoms with Crippen molar-refractivity contribution in [1.82, 2.24) is 0 Å². The molecule has 0 heterocycles. The molecule has 86 heavy (non-hydrogen) atoms. The summed E-state index contributed by atoms with van der Waals surface area (Å²) in [4.78, 5) is 29.3. The summed E-state index contributed by atoms with van der Waals surface area (Å²) in [7, 11) is 0. The first-order valence-corrected chi connectivity index (χ1v) is 31.7. The Morgan fingerprint density at radius 3 is 1.66 bits per heavy atom. The third-order valence-electron chi connectivity index (χ3n) is 18.8. The molecular weight excluding hydrogens is 1060 g/mol. The number of hydrogen-bond donors (Lipinski definition) is 0. The van der Waals surface area contributed by atoms with Gasteiger partial charge in [0.15, 0.2) is 0 Å². The molecule has 8 aromatic carbocycles. The Morgan fingerprint density at radius 2 is 1.07 bits per heavy atom. The molecule has 7 nitrogen and oxygen atoms in total. The van der Waals surface area contributed by atoms with Crippen molar-refractivity contribution in [3.63, 3.8) is 0 Å². The lowest BCUT2D eigenvalue weighted by molar-refractivity contribution is -0.144. The molecule has 442 valence electrons. The van der Waals surface area contributed by atoms with Crippen LogP contribution in [0, 0.1) is 12.3 Å². The Labute approximate surface area is 511 Å². The van der Waals surface area contributed by atoms with E-state index in [1.165, 1.54) is 62.7 Å². The number of anilines is 3. The molecule has 0 saturated heterocycles. The van der Waals surface area contributed by atoms with Gasteiger partial charge in [0.1, 0.15) is 28.6 Å². The van der Waals surface area contributed by atoms with Crippen molar-refractivity contribution in [3.8, 4) is 23.0 Å². The minimum Gasteiger partial charge on any atom is -0.488 e. The largest absolute Gasteiger partial charge is 0.519 e. The van der Waals surface area contributed by atoms with E-state index >= 15 is 0 Å². The quantitative estimate of drug-likeness (QED) is 0.0220. The lowest BCUT2D eigenvalue weighted by Crippen LogP contribution is -2.31. The highest BCUT2D eigenvalue weighted by Crippen LogP contribution is 2.49. The Balaban J connectivity index is 0.840. The maximum atomic E-state index is 13.6. The topological polar surface area (TPSA) is 74.3 Å². The van der Waals surface area contributed by atoms with Crippen molar-refractivity contribution >= 4 is 45.5 Å². The number of benzene rings is 8. The van der Waals surface area contributed by atoms with Crippen molar-refractivity contribution < 1.29 is 28.5 Å². The standard InChI is InChI=1S/C79H85NO6/c1-9-11-13-15-51-76(4,5)74(81)83-66-43-33-62(34-44-66)79(53-16-14-17-54-79)63-35-45-68(46-36-63)85-75(82)84-67-41-29-60(30-42-67)78(8,61-31-47-69(48-32-61)86-77(6,7)52-12-10-2)59-27-39-65(40-28-59)80(64-37-21-55(3)22-38-64)71-50-26-58-24-23-56-19-18-20-57-25-49-70(71)73(58)72(56)57/h18,20-48,50H,9-17,19,49,51-54H2,1-8H3. The van der Waals surface area contributed by atoms with Crippen LogP contribution in [0.5, 0.6) is 23.0 Å². The molecule has 0 aromatic heterocycles. The lowest BCUT2D eigenvalue weighted by Gasteiger charge is -2.38. The molecule has 0 bridgehead atoms. The molecule has 3 aliphatic rings. The molecule has 3 aliphatic carbocycles. The highest BCUT2D eigenvalue weighted by molar-refractivity contribution is 6.05. The van der Waals surface area contributed by atoms with Crippen LogP contribution in [0.25, 0.3) is 16.3 Å². The molecule has 11 rings (SSSR count). The third kappa shape index (κ3) is 12.6. The molecule has 0 radical (unpaired) electrons. The molecule has 0 amide bonds. The Hall–Kier alpha value is -8.16. The van der Waals surface area contributed by atoms with Crippen molar-refractivity contribution in [2.75, 3.05) is 4.90 Å². The first-order chi connectivity index (χ1) is 41.6. The van der Waals surface area contributed by atoms with E-state index in [0.717, 1.165) is 123 Å². The molecule has 1 fully saturated rings. The van der Waals surface area contributed by atoms with Gasteiger partial charge in [-0.1, -0.05) is 180 Å². The summed E-state index contributed by atoms with van der Waals surface area (Å²) in [6.45, 7) is 17.1. The molecule has 0 N–H and O–H groups in total. The Kier molecular flexibility index (Phi) is 17.6. The molecule has 1 unspecified atom stereocenters. The van der Waals surface area contributed by atoms with Crippen molar-refractivity contribution in [2.45, 2.75) is 168 Å². The minimum absolute atomic E-state index is 0.188. The molecule has 1 atom stereocenters. The van der Waals surface area contributed by atoms with Gasteiger partial charge in [-0.15, -0.1) is 0 Å². The number of carbonyl (C=O) groups excluding carboxylic acids is 2. The van der Waals surface area contributed by atoms with E-state index in [4.69, 9.17) is 18.9 Å². The Bertz CT molecular complexity index is 3730. The summed E-state index contributed by atoms with van der Waals surface area (Å²) in [6, 6.07) is 59.5. The zero-order valence-electron chi connectivity index (χ0n) is 51.9. The van der Waals surface area contributed by atoms with Gasteiger partial charge in [-0.05, 0) is 226 Å². The van der Waals surface area contributed by atoms with Gasteiger partial charge in [-0.2, -0.15) is 0 Å². The third-order valence-corrected chi connectivity index (χ3v) is 18.8. The molecule has 0 spiro atoms. The van der Waals surface area contributed by atoms with E-state index in [1.54, 1.807) is 0 Å². The van der Waals surface area contributed by atoms with Crippen LogP contribution in [0.1, 0.15) is 182 Å². The fourth-order valence-electron chi connectivity index (χ4n) is 13.6. The first kappa shape index (κ1) is 59.6. The van der Waals surface area contributed by atoms with Crippen LogP contribution in [0.15, 0.2) is 188 Å². The fraction of sp³-hybridized carbons (Fsp3) is 0.342. The van der Waals surface area contributed by atoms with Crippen molar-refractivity contribution in [1.29, 1.82) is 0 Å². The number of aryl methyl sites for hydroxylation is 1. The predicted molar refractivity (Wildman–Crippen MR) is 352 cm³/mol. The summed E-state index contributed by atoms with van der Waals surface area (Å²) in [5, 5.41) is 2.63. The lowest BCUT2D eigenvalue weighted by atomic mass is 9.65. The molecule has 7 heteroatoms. The van der Waals surface area contributed by atoms with Gasteiger partial charge in [0, 0.05) is 22.2 Å². The SMILES string of the molecule is CCCCCCC(C)(C)C(=O)Oc1ccc(C2(c3ccc(OC(=O)Oc4ccc(C(C)(c5ccc(OC(C)(C)CCCC)cc5)c5ccc(N(c6ccc(C)cc6)c6ccc7ccc8c9c7c6CC=C9C=CC8)cc5)cc4)cc3)CCCCC2)cc1. The van der Waals surface area contributed by atoms with Crippen LogP contribution >= 0.6 is 0 Å². The van der Waals surface area contributed by atoms with Gasteiger partial charge in [-0.3, -0.25) is 4.79 Å². The number of rotatable bonds is 22. The van der Waals surface area contributed by atoms with Crippen LogP contribution in [0.2, 0.25) is 0 Å². The maximum Gasteiger partial charge on any atom is 0.519 e. The van der Waals surface area contributed by atoms with E-state index in [0.29, 0.717) is 17.2 Å². The number of carbonyl (C=O) groups is 2. The summed E-state index contributed by atoms with van der Waals surface area (Å²) < 4.78 is 24.3. The zero-order chi connectivity index (χ0) is 60.1. The Morgan fingerprint density at radius 1 is 0.535 bits per heavy atom. The number of nitrogens with zero attached hydrogens (tertiary/aromatic N) is 1. The molecule has 0 aliphatic heterocycles. The van der Waals surface area contributed by atoms with Gasteiger partial charge in [0.25, 0.3) is 0 Å². The summed E-state index contributed by atoms with van der Waals surface area (Å²) in [5.74, 6) is 2.00.